The summed E-state index contributed by atoms with van der Waals surface area (Å²) in [6, 6.07) is 11.4. The number of ether oxygens (including phenoxy) is 1. The van der Waals surface area contributed by atoms with Crippen molar-refractivity contribution in [1.29, 1.82) is 0 Å². The van der Waals surface area contributed by atoms with Gasteiger partial charge in [-0.15, -0.1) is 0 Å². The first-order valence-electron chi connectivity index (χ1n) is 7.20. The Kier molecular flexibility index (Phi) is 5.82. The van der Waals surface area contributed by atoms with Gasteiger partial charge in [-0.3, -0.25) is 4.79 Å². The second-order valence-electron chi connectivity index (χ2n) is 5.19. The van der Waals surface area contributed by atoms with Gasteiger partial charge in [0.2, 0.25) is 5.91 Å². The third kappa shape index (κ3) is 5.14. The molecule has 122 valence electrons. The maximum absolute atomic E-state index is 13.1. The van der Waals surface area contributed by atoms with Crippen molar-refractivity contribution in [3.05, 3.63) is 53.3 Å². The molecule has 0 aliphatic carbocycles. The molecule has 0 aliphatic rings. The molecule has 0 saturated carbocycles. The first kappa shape index (κ1) is 17.1. The van der Waals surface area contributed by atoms with Crippen LogP contribution in [0.2, 0.25) is 5.02 Å². The Hall–Kier alpha value is -2.27. The van der Waals surface area contributed by atoms with E-state index in [0.717, 1.165) is 0 Å². The standard InChI is InChI=1S/C17H18ClFN2O2/c1-11(2)23-16-6-4-3-5-15(16)21-17(22)10-20-12-7-8-14(19)13(18)9-12/h3-9,11,20H,10H2,1-2H3,(H,21,22). The second kappa shape index (κ2) is 7.83. The summed E-state index contributed by atoms with van der Waals surface area (Å²) in [6.45, 7) is 3.86. The third-order valence-electron chi connectivity index (χ3n) is 2.90. The normalized spacial score (nSPS) is 10.5. The van der Waals surface area contributed by atoms with Crippen LogP contribution < -0.4 is 15.4 Å². The van der Waals surface area contributed by atoms with Crippen LogP contribution in [0.4, 0.5) is 15.8 Å². The van der Waals surface area contributed by atoms with E-state index in [1.54, 1.807) is 12.1 Å². The lowest BCUT2D eigenvalue weighted by Gasteiger charge is -2.15. The number of carbonyl (C=O) groups excluding carboxylic acids is 1. The number of anilines is 2. The maximum atomic E-state index is 13.1. The highest BCUT2D eigenvalue weighted by Gasteiger charge is 2.09. The molecule has 2 rings (SSSR count). The fourth-order valence-corrected chi connectivity index (χ4v) is 2.09. The third-order valence-corrected chi connectivity index (χ3v) is 3.19. The molecule has 2 aromatic carbocycles. The first-order valence-corrected chi connectivity index (χ1v) is 7.58. The summed E-state index contributed by atoms with van der Waals surface area (Å²) in [5, 5.41) is 5.67. The zero-order valence-electron chi connectivity index (χ0n) is 12.9. The zero-order chi connectivity index (χ0) is 16.8. The van der Waals surface area contributed by atoms with Gasteiger partial charge < -0.3 is 15.4 Å². The Bertz CT molecular complexity index is 692. The number of para-hydroxylation sites is 2. The van der Waals surface area contributed by atoms with Crippen molar-refractivity contribution in [3.8, 4) is 5.75 Å². The molecule has 0 aliphatic heterocycles. The molecule has 0 aromatic heterocycles. The molecule has 0 fully saturated rings. The summed E-state index contributed by atoms with van der Waals surface area (Å²) in [5.74, 6) is -0.132. The number of benzene rings is 2. The average Bonchev–Trinajstić information content (AvgIpc) is 2.50. The fourth-order valence-electron chi connectivity index (χ4n) is 1.91. The van der Waals surface area contributed by atoms with E-state index >= 15 is 0 Å². The van der Waals surface area contributed by atoms with Crippen LogP contribution in [-0.2, 0) is 4.79 Å². The topological polar surface area (TPSA) is 50.4 Å². The number of hydrogen-bond acceptors (Lipinski definition) is 3. The monoisotopic (exact) mass is 336 g/mol. The van der Waals surface area contributed by atoms with Crippen LogP contribution in [0.5, 0.6) is 5.75 Å². The van der Waals surface area contributed by atoms with Crippen LogP contribution in [0.15, 0.2) is 42.5 Å². The van der Waals surface area contributed by atoms with Crippen LogP contribution >= 0.6 is 11.6 Å². The van der Waals surface area contributed by atoms with Crippen molar-refractivity contribution in [2.24, 2.45) is 0 Å². The van der Waals surface area contributed by atoms with E-state index in [0.29, 0.717) is 17.1 Å². The molecule has 0 bridgehead atoms. The van der Waals surface area contributed by atoms with Crippen molar-refractivity contribution in [3.63, 3.8) is 0 Å². The summed E-state index contributed by atoms with van der Waals surface area (Å²) in [7, 11) is 0. The molecule has 0 atom stereocenters. The molecule has 0 heterocycles. The molecule has 23 heavy (non-hydrogen) atoms. The van der Waals surface area contributed by atoms with E-state index in [2.05, 4.69) is 10.6 Å². The summed E-state index contributed by atoms with van der Waals surface area (Å²) < 4.78 is 18.7. The van der Waals surface area contributed by atoms with Crippen molar-refractivity contribution in [2.45, 2.75) is 20.0 Å². The largest absolute Gasteiger partial charge is 0.489 e. The van der Waals surface area contributed by atoms with Crippen LogP contribution in [0, 0.1) is 5.82 Å². The Morgan fingerprint density at radius 3 is 2.70 bits per heavy atom. The summed E-state index contributed by atoms with van der Waals surface area (Å²) in [4.78, 5) is 12.0. The highest BCUT2D eigenvalue weighted by atomic mass is 35.5. The number of hydrogen-bond donors (Lipinski definition) is 2. The van der Waals surface area contributed by atoms with Crippen LogP contribution in [0.1, 0.15) is 13.8 Å². The molecular weight excluding hydrogens is 319 g/mol. The van der Waals surface area contributed by atoms with Crippen molar-refractivity contribution < 1.29 is 13.9 Å². The minimum absolute atomic E-state index is 0.00564. The first-order chi connectivity index (χ1) is 11.0. The van der Waals surface area contributed by atoms with Gasteiger partial charge in [-0.1, -0.05) is 23.7 Å². The van der Waals surface area contributed by atoms with Gasteiger partial charge in [0, 0.05) is 5.69 Å². The van der Waals surface area contributed by atoms with Gasteiger partial charge in [-0.25, -0.2) is 4.39 Å². The molecule has 2 aromatic rings. The maximum Gasteiger partial charge on any atom is 0.243 e. The Labute approximate surface area is 139 Å². The van der Waals surface area contributed by atoms with E-state index in [4.69, 9.17) is 16.3 Å². The van der Waals surface area contributed by atoms with Gasteiger partial charge in [0.25, 0.3) is 0 Å². The van der Waals surface area contributed by atoms with Crippen LogP contribution in [0.25, 0.3) is 0 Å². The number of amides is 1. The SMILES string of the molecule is CC(C)Oc1ccccc1NC(=O)CNc1ccc(F)c(Cl)c1. The Balaban J connectivity index is 1.96. The van der Waals surface area contributed by atoms with E-state index in [1.165, 1.54) is 18.2 Å². The summed E-state index contributed by atoms with van der Waals surface area (Å²) in [5.41, 5.74) is 1.17. The van der Waals surface area contributed by atoms with Gasteiger partial charge in [0.15, 0.2) is 0 Å². The molecule has 4 nitrogen and oxygen atoms in total. The molecular formula is C17H18ClFN2O2. The second-order valence-corrected chi connectivity index (χ2v) is 5.60. The molecule has 6 heteroatoms. The molecule has 0 radical (unpaired) electrons. The number of rotatable bonds is 6. The minimum atomic E-state index is -0.499. The highest BCUT2D eigenvalue weighted by Crippen LogP contribution is 2.25. The predicted molar refractivity (Wildman–Crippen MR) is 90.7 cm³/mol. The van der Waals surface area contributed by atoms with Crippen molar-refractivity contribution in [2.75, 3.05) is 17.2 Å². The van der Waals surface area contributed by atoms with Gasteiger partial charge in [-0.05, 0) is 44.2 Å². The lowest BCUT2D eigenvalue weighted by atomic mass is 10.2. The Morgan fingerprint density at radius 2 is 2.00 bits per heavy atom. The highest BCUT2D eigenvalue weighted by molar-refractivity contribution is 6.31. The van der Waals surface area contributed by atoms with E-state index in [-0.39, 0.29) is 23.6 Å². The molecule has 2 N–H and O–H groups in total. The minimum Gasteiger partial charge on any atom is -0.489 e. The van der Waals surface area contributed by atoms with Gasteiger partial charge >= 0.3 is 0 Å². The van der Waals surface area contributed by atoms with Crippen molar-refractivity contribution >= 4 is 28.9 Å². The van der Waals surface area contributed by atoms with Crippen LogP contribution in [0.3, 0.4) is 0 Å². The lowest BCUT2D eigenvalue weighted by molar-refractivity contribution is -0.114. The average molecular weight is 337 g/mol. The summed E-state index contributed by atoms with van der Waals surface area (Å²) in [6.07, 6.45) is 0.00698. The Morgan fingerprint density at radius 1 is 1.26 bits per heavy atom. The predicted octanol–water partition coefficient (Wildman–Crippen LogP) is 4.32. The van der Waals surface area contributed by atoms with E-state index in [9.17, 15) is 9.18 Å². The molecule has 0 unspecified atom stereocenters. The van der Waals surface area contributed by atoms with Gasteiger partial charge in [-0.2, -0.15) is 0 Å². The van der Waals surface area contributed by atoms with E-state index in [1.807, 2.05) is 26.0 Å². The van der Waals surface area contributed by atoms with Gasteiger partial charge in [0.1, 0.15) is 11.6 Å². The smallest absolute Gasteiger partial charge is 0.243 e. The quantitative estimate of drug-likeness (QED) is 0.826. The number of carbonyl (C=O) groups is 1. The molecule has 0 saturated heterocycles. The van der Waals surface area contributed by atoms with Gasteiger partial charge in [0.05, 0.1) is 23.4 Å². The molecule has 0 spiro atoms. The number of halogens is 2. The number of nitrogens with one attached hydrogen (secondary N) is 2. The summed E-state index contributed by atoms with van der Waals surface area (Å²) >= 11 is 5.70. The van der Waals surface area contributed by atoms with Crippen molar-refractivity contribution in [1.82, 2.24) is 0 Å². The zero-order valence-corrected chi connectivity index (χ0v) is 13.7. The van der Waals surface area contributed by atoms with E-state index < -0.39 is 5.82 Å². The van der Waals surface area contributed by atoms with Crippen LogP contribution in [-0.4, -0.2) is 18.6 Å². The fraction of sp³-hybridized carbons (Fsp3) is 0.235. The lowest BCUT2D eigenvalue weighted by Crippen LogP contribution is -2.22. The molecule has 1 amide bonds.